The Hall–Kier alpha value is -1.95. The van der Waals surface area contributed by atoms with E-state index in [1.807, 2.05) is 6.07 Å². The Morgan fingerprint density at radius 2 is 2.05 bits per heavy atom. The van der Waals surface area contributed by atoms with Crippen molar-refractivity contribution in [2.45, 2.75) is 13.5 Å². The number of non-ortho nitro benzene ring substituents is 1. The monoisotopic (exact) mass is 338 g/mol. The lowest BCUT2D eigenvalue weighted by Crippen LogP contribution is -2.01. The standard InChI is InChI=1S/C14H12BrFN2O2/c1-9-2-3-10(6-13(9)16)8-17-14-7-11(18(19)20)4-5-12(14)15/h2-7,17H,8H2,1H3. The van der Waals surface area contributed by atoms with Crippen LogP contribution in [-0.4, -0.2) is 4.92 Å². The van der Waals surface area contributed by atoms with Crippen LogP contribution in [0.2, 0.25) is 0 Å². The first-order chi connectivity index (χ1) is 9.47. The maximum Gasteiger partial charge on any atom is 0.271 e. The number of nitrogens with zero attached hydrogens (tertiary/aromatic N) is 1. The van der Waals surface area contributed by atoms with E-state index in [-0.39, 0.29) is 11.5 Å². The van der Waals surface area contributed by atoms with Crippen LogP contribution in [0, 0.1) is 22.9 Å². The maximum absolute atomic E-state index is 13.4. The molecular formula is C14H12BrFN2O2. The minimum Gasteiger partial charge on any atom is -0.380 e. The normalized spacial score (nSPS) is 10.3. The Balaban J connectivity index is 2.15. The van der Waals surface area contributed by atoms with Gasteiger partial charge in [0.2, 0.25) is 0 Å². The quantitative estimate of drug-likeness (QED) is 0.663. The van der Waals surface area contributed by atoms with Gasteiger partial charge in [-0.3, -0.25) is 10.1 Å². The fraction of sp³-hybridized carbons (Fsp3) is 0.143. The predicted molar refractivity (Wildman–Crippen MR) is 79.3 cm³/mol. The number of aryl methyl sites for hydroxylation is 1. The van der Waals surface area contributed by atoms with Crippen molar-refractivity contribution in [1.82, 2.24) is 0 Å². The molecule has 2 aromatic carbocycles. The van der Waals surface area contributed by atoms with Crippen molar-refractivity contribution in [3.05, 3.63) is 67.9 Å². The second-order valence-electron chi connectivity index (χ2n) is 4.36. The number of rotatable bonds is 4. The second kappa shape index (κ2) is 6.00. The zero-order valence-corrected chi connectivity index (χ0v) is 12.3. The van der Waals surface area contributed by atoms with Crippen molar-refractivity contribution in [1.29, 1.82) is 0 Å². The van der Waals surface area contributed by atoms with Crippen LogP contribution in [0.4, 0.5) is 15.8 Å². The van der Waals surface area contributed by atoms with E-state index in [1.165, 1.54) is 18.2 Å². The number of hydrogen-bond acceptors (Lipinski definition) is 3. The summed E-state index contributed by atoms with van der Waals surface area (Å²) in [4.78, 5) is 10.3. The summed E-state index contributed by atoms with van der Waals surface area (Å²) in [7, 11) is 0. The molecule has 20 heavy (non-hydrogen) atoms. The fourth-order valence-corrected chi connectivity index (χ4v) is 2.09. The third-order valence-corrected chi connectivity index (χ3v) is 3.57. The van der Waals surface area contributed by atoms with Gasteiger partial charge in [0, 0.05) is 23.2 Å². The molecule has 0 bridgehead atoms. The van der Waals surface area contributed by atoms with Gasteiger partial charge in [0.25, 0.3) is 5.69 Å². The molecule has 6 heteroatoms. The van der Waals surface area contributed by atoms with E-state index in [4.69, 9.17) is 0 Å². The van der Waals surface area contributed by atoms with E-state index in [9.17, 15) is 14.5 Å². The Labute approximate surface area is 123 Å². The van der Waals surface area contributed by atoms with E-state index in [2.05, 4.69) is 21.2 Å². The molecule has 0 unspecified atom stereocenters. The Morgan fingerprint density at radius 3 is 2.70 bits per heavy atom. The van der Waals surface area contributed by atoms with Gasteiger partial charge >= 0.3 is 0 Å². The zero-order valence-electron chi connectivity index (χ0n) is 10.7. The minimum atomic E-state index is -0.455. The number of nitro groups is 1. The maximum atomic E-state index is 13.4. The van der Waals surface area contributed by atoms with E-state index >= 15 is 0 Å². The van der Waals surface area contributed by atoms with Crippen LogP contribution in [0.15, 0.2) is 40.9 Å². The molecule has 104 valence electrons. The summed E-state index contributed by atoms with van der Waals surface area (Å²) in [5.41, 5.74) is 1.96. The number of benzene rings is 2. The molecular weight excluding hydrogens is 327 g/mol. The summed E-state index contributed by atoms with van der Waals surface area (Å²) in [5.74, 6) is -0.262. The number of halogens is 2. The van der Waals surface area contributed by atoms with Crippen LogP contribution < -0.4 is 5.32 Å². The highest BCUT2D eigenvalue weighted by atomic mass is 79.9. The predicted octanol–water partition coefficient (Wildman–Crippen LogP) is 4.42. The number of nitrogens with one attached hydrogen (secondary N) is 1. The first-order valence-corrected chi connectivity index (χ1v) is 6.69. The smallest absolute Gasteiger partial charge is 0.271 e. The summed E-state index contributed by atoms with van der Waals surface area (Å²) in [6, 6.07) is 9.44. The SMILES string of the molecule is Cc1ccc(CNc2cc([N+](=O)[O-])ccc2Br)cc1F. The van der Waals surface area contributed by atoms with Gasteiger partial charge in [0.15, 0.2) is 0 Å². The molecule has 0 saturated carbocycles. The second-order valence-corrected chi connectivity index (χ2v) is 5.21. The molecule has 0 aromatic heterocycles. The number of nitro benzene ring substituents is 1. The Bertz CT molecular complexity index is 662. The zero-order chi connectivity index (χ0) is 14.7. The first-order valence-electron chi connectivity index (χ1n) is 5.90. The lowest BCUT2D eigenvalue weighted by molar-refractivity contribution is -0.384. The molecule has 0 spiro atoms. The molecule has 4 nitrogen and oxygen atoms in total. The van der Waals surface area contributed by atoms with E-state index in [0.29, 0.717) is 17.8 Å². The van der Waals surface area contributed by atoms with Crippen molar-refractivity contribution in [3.63, 3.8) is 0 Å². The number of hydrogen-bond donors (Lipinski definition) is 1. The summed E-state index contributed by atoms with van der Waals surface area (Å²) in [6.07, 6.45) is 0. The molecule has 0 aliphatic rings. The average molecular weight is 339 g/mol. The highest BCUT2D eigenvalue weighted by Crippen LogP contribution is 2.27. The molecule has 0 fully saturated rings. The molecule has 2 rings (SSSR count). The van der Waals surface area contributed by atoms with Gasteiger partial charge in [0.1, 0.15) is 5.82 Å². The number of anilines is 1. The molecule has 0 aliphatic heterocycles. The molecule has 0 aliphatic carbocycles. The molecule has 0 saturated heterocycles. The summed E-state index contributed by atoms with van der Waals surface area (Å²) >= 11 is 3.32. The van der Waals surface area contributed by atoms with Gasteiger partial charge < -0.3 is 5.32 Å². The van der Waals surface area contributed by atoms with Crippen LogP contribution in [0.3, 0.4) is 0 Å². The highest BCUT2D eigenvalue weighted by Gasteiger charge is 2.09. The van der Waals surface area contributed by atoms with Crippen LogP contribution >= 0.6 is 15.9 Å². The molecule has 0 radical (unpaired) electrons. The Morgan fingerprint density at radius 1 is 1.30 bits per heavy atom. The lowest BCUT2D eigenvalue weighted by atomic mass is 10.1. The van der Waals surface area contributed by atoms with Crippen LogP contribution in [-0.2, 0) is 6.54 Å². The van der Waals surface area contributed by atoms with Crippen molar-refractivity contribution >= 4 is 27.3 Å². The molecule has 0 amide bonds. The fourth-order valence-electron chi connectivity index (χ4n) is 1.71. The first kappa shape index (κ1) is 14.5. The summed E-state index contributed by atoms with van der Waals surface area (Å²) in [6.45, 7) is 2.08. The van der Waals surface area contributed by atoms with Gasteiger partial charge in [-0.2, -0.15) is 0 Å². The van der Waals surface area contributed by atoms with Gasteiger partial charge in [-0.05, 0) is 46.1 Å². The third-order valence-electron chi connectivity index (χ3n) is 2.88. The van der Waals surface area contributed by atoms with Crippen molar-refractivity contribution in [2.24, 2.45) is 0 Å². The van der Waals surface area contributed by atoms with E-state index in [1.54, 1.807) is 19.1 Å². The van der Waals surface area contributed by atoms with Crippen LogP contribution in [0.25, 0.3) is 0 Å². The van der Waals surface area contributed by atoms with Crippen LogP contribution in [0.1, 0.15) is 11.1 Å². The van der Waals surface area contributed by atoms with Crippen molar-refractivity contribution in [3.8, 4) is 0 Å². The lowest BCUT2D eigenvalue weighted by Gasteiger charge is -2.09. The van der Waals surface area contributed by atoms with Gasteiger partial charge in [-0.1, -0.05) is 12.1 Å². The largest absolute Gasteiger partial charge is 0.380 e. The summed E-state index contributed by atoms with van der Waals surface area (Å²) < 4.78 is 14.1. The summed E-state index contributed by atoms with van der Waals surface area (Å²) in [5, 5.41) is 13.8. The highest BCUT2D eigenvalue weighted by molar-refractivity contribution is 9.10. The van der Waals surface area contributed by atoms with Crippen molar-refractivity contribution in [2.75, 3.05) is 5.32 Å². The minimum absolute atomic E-state index is 0.00536. The van der Waals surface area contributed by atoms with E-state index in [0.717, 1.165) is 10.0 Å². The Kier molecular flexibility index (Phi) is 4.34. The molecule has 0 atom stereocenters. The third kappa shape index (κ3) is 3.33. The molecule has 0 heterocycles. The van der Waals surface area contributed by atoms with Crippen LogP contribution in [0.5, 0.6) is 0 Å². The molecule has 1 N–H and O–H groups in total. The topological polar surface area (TPSA) is 55.2 Å². The average Bonchev–Trinajstić information content (AvgIpc) is 2.41. The molecule has 2 aromatic rings. The van der Waals surface area contributed by atoms with Gasteiger partial charge in [-0.25, -0.2) is 4.39 Å². The van der Waals surface area contributed by atoms with Crippen molar-refractivity contribution < 1.29 is 9.31 Å². The van der Waals surface area contributed by atoms with E-state index < -0.39 is 4.92 Å². The van der Waals surface area contributed by atoms with Gasteiger partial charge in [0.05, 0.1) is 10.6 Å². The van der Waals surface area contributed by atoms with Gasteiger partial charge in [-0.15, -0.1) is 0 Å².